The number of esters is 1. The number of aliphatic hydroxyl groups is 2. The fourth-order valence-electron chi connectivity index (χ4n) is 7.73. The molecular weight excluding hydrogens is 724 g/mol. The van der Waals surface area contributed by atoms with E-state index >= 15 is 0 Å². The van der Waals surface area contributed by atoms with Crippen LogP contribution in [0.3, 0.4) is 0 Å². The summed E-state index contributed by atoms with van der Waals surface area (Å²) in [5.74, 6) is -6.07. The summed E-state index contributed by atoms with van der Waals surface area (Å²) in [6.07, 6.45) is 3.97. The fraction of sp³-hybridized carbons (Fsp3) is 0.537. The van der Waals surface area contributed by atoms with Crippen molar-refractivity contribution in [2.24, 2.45) is 38.8 Å². The minimum atomic E-state index is -1.80. The number of amides is 1. The number of fused-ring (bicyclic) bond motifs is 1. The Balaban J connectivity index is 1.76. The van der Waals surface area contributed by atoms with Crippen LogP contribution in [0.25, 0.3) is 10.8 Å². The Hall–Kier alpha value is -4.99. The number of carbonyl (C=O) groups excluding carboxylic acids is 2. The van der Waals surface area contributed by atoms with E-state index in [4.69, 9.17) is 28.9 Å². The lowest BCUT2D eigenvalue weighted by atomic mass is 9.78. The number of hydrogen-bond acceptors (Lipinski definition) is 14. The summed E-state index contributed by atoms with van der Waals surface area (Å²) < 4.78 is 24.1. The Labute approximate surface area is 325 Å². The molecule has 9 atom stereocenters. The van der Waals surface area contributed by atoms with Gasteiger partial charge in [-0.15, -0.1) is 0 Å². The quantitative estimate of drug-likeness (QED) is 0.110. The second-order valence-electron chi connectivity index (χ2n) is 15.9. The molecule has 0 aromatic heterocycles. The molecule has 15 nitrogen and oxygen atoms in total. The van der Waals surface area contributed by atoms with Gasteiger partial charge < -0.3 is 49.9 Å². The number of allylic oxidation sites excluding steroid dienone is 2. The predicted octanol–water partition coefficient (Wildman–Crippen LogP) is 4.08. The highest BCUT2D eigenvalue weighted by Gasteiger charge is 2.48. The SMILES string of the molecule is CO[C@H]1/C=C/O[C@@]2(C)Oc3c(C)c(O)c4c(O)c(c5c(c4c3/C2=N/O)=NC(C)(C)CN=5)NC(=O)/C(C)=C\C=C\[C@H](C)[C@H](O)[C@@H](C)[C@@H](O)[C@@H](C)[C@H](OC(C)=O)[C@@H]1C. The number of nitrogens with one attached hydrogen (secondary N) is 1. The first-order valence-corrected chi connectivity index (χ1v) is 18.7. The van der Waals surface area contributed by atoms with Gasteiger partial charge in [0.1, 0.15) is 28.6 Å². The summed E-state index contributed by atoms with van der Waals surface area (Å²) in [6, 6.07) is 0. The Bertz CT molecular complexity index is 2160. The number of ether oxygens (including phenoxy) is 4. The van der Waals surface area contributed by atoms with Crippen LogP contribution < -0.4 is 20.8 Å². The lowest BCUT2D eigenvalue weighted by Gasteiger charge is -2.38. The van der Waals surface area contributed by atoms with Crippen molar-refractivity contribution in [3.05, 3.63) is 58.0 Å². The molecule has 3 aliphatic heterocycles. The number of aliphatic hydroxyl groups excluding tert-OH is 2. The Morgan fingerprint density at radius 2 is 1.66 bits per heavy atom. The summed E-state index contributed by atoms with van der Waals surface area (Å²) >= 11 is 0. The van der Waals surface area contributed by atoms with Gasteiger partial charge in [-0.05, 0) is 33.8 Å². The zero-order valence-electron chi connectivity index (χ0n) is 33.7. The predicted molar refractivity (Wildman–Crippen MR) is 207 cm³/mol. The van der Waals surface area contributed by atoms with Crippen LogP contribution in [0, 0.1) is 30.6 Å². The smallest absolute Gasteiger partial charge is 0.302 e. The maximum atomic E-state index is 13.7. The van der Waals surface area contributed by atoms with E-state index in [1.54, 1.807) is 65.8 Å². The van der Waals surface area contributed by atoms with E-state index < -0.39 is 77.0 Å². The van der Waals surface area contributed by atoms with Crippen LogP contribution >= 0.6 is 0 Å². The van der Waals surface area contributed by atoms with E-state index in [1.165, 1.54) is 27.2 Å². The number of anilines is 1. The second kappa shape index (κ2) is 15.9. The van der Waals surface area contributed by atoms with Crippen molar-refractivity contribution in [2.45, 2.75) is 105 Å². The normalized spacial score (nSPS) is 33.6. The Morgan fingerprint density at radius 3 is 2.29 bits per heavy atom. The van der Waals surface area contributed by atoms with Crippen molar-refractivity contribution in [1.82, 2.24) is 0 Å². The molecule has 2 aromatic carbocycles. The molecule has 0 saturated heterocycles. The topological polar surface area (TPSA) is 221 Å². The number of benzene rings is 2. The van der Waals surface area contributed by atoms with Gasteiger partial charge in [0.25, 0.3) is 11.7 Å². The van der Waals surface area contributed by atoms with E-state index in [0.717, 1.165) is 0 Å². The summed E-state index contributed by atoms with van der Waals surface area (Å²) in [4.78, 5) is 35.7. The first-order valence-electron chi connectivity index (χ1n) is 18.7. The van der Waals surface area contributed by atoms with Gasteiger partial charge in [-0.1, -0.05) is 51.1 Å². The van der Waals surface area contributed by atoms with Gasteiger partial charge in [-0.3, -0.25) is 19.6 Å². The molecule has 4 bridgehead atoms. The van der Waals surface area contributed by atoms with Gasteiger partial charge in [0, 0.05) is 61.2 Å². The zero-order chi connectivity index (χ0) is 41.6. The van der Waals surface area contributed by atoms with Gasteiger partial charge in [0.15, 0.2) is 11.5 Å². The van der Waals surface area contributed by atoms with Crippen LogP contribution in [0.2, 0.25) is 0 Å². The van der Waals surface area contributed by atoms with Crippen molar-refractivity contribution in [2.75, 3.05) is 19.0 Å². The number of phenols is 2. The molecule has 0 unspecified atom stereocenters. The van der Waals surface area contributed by atoms with Crippen LogP contribution in [-0.2, 0) is 23.8 Å². The number of methoxy groups -OCH3 is 1. The van der Waals surface area contributed by atoms with Crippen LogP contribution in [0.15, 0.2) is 51.3 Å². The molecule has 2 aromatic rings. The largest absolute Gasteiger partial charge is 0.507 e. The van der Waals surface area contributed by atoms with E-state index in [0.29, 0.717) is 0 Å². The number of rotatable bonds is 2. The van der Waals surface area contributed by atoms with Crippen LogP contribution in [0.4, 0.5) is 5.69 Å². The Morgan fingerprint density at radius 1 is 0.982 bits per heavy atom. The minimum absolute atomic E-state index is 0.0755. The van der Waals surface area contributed by atoms with Gasteiger partial charge in [-0.2, -0.15) is 0 Å². The maximum Gasteiger partial charge on any atom is 0.302 e. The van der Waals surface area contributed by atoms with Crippen molar-refractivity contribution < 1.29 is 54.2 Å². The fourth-order valence-corrected chi connectivity index (χ4v) is 7.73. The van der Waals surface area contributed by atoms with Crippen LogP contribution in [0.5, 0.6) is 17.2 Å². The van der Waals surface area contributed by atoms with Crippen LogP contribution in [-0.4, -0.2) is 92.6 Å². The third-order valence-electron chi connectivity index (χ3n) is 11.1. The molecule has 304 valence electrons. The first-order chi connectivity index (χ1) is 26.2. The third-order valence-corrected chi connectivity index (χ3v) is 11.1. The number of aromatic hydroxyl groups is 2. The molecule has 0 fully saturated rings. The molecule has 6 N–H and O–H groups in total. The molecule has 3 aliphatic rings. The van der Waals surface area contributed by atoms with Crippen molar-refractivity contribution in [1.29, 1.82) is 0 Å². The molecule has 0 spiro atoms. The zero-order valence-corrected chi connectivity index (χ0v) is 33.7. The molecule has 15 heteroatoms. The molecule has 56 heavy (non-hydrogen) atoms. The number of oxime groups is 1. The van der Waals surface area contributed by atoms with Crippen molar-refractivity contribution in [3.8, 4) is 17.2 Å². The first kappa shape index (κ1) is 42.2. The van der Waals surface area contributed by atoms with Crippen molar-refractivity contribution in [3.63, 3.8) is 0 Å². The maximum absolute atomic E-state index is 13.7. The highest BCUT2D eigenvalue weighted by Crippen LogP contribution is 2.49. The van der Waals surface area contributed by atoms with Gasteiger partial charge >= 0.3 is 5.97 Å². The monoisotopic (exact) mass is 778 g/mol. The number of carbonyl (C=O) groups is 2. The molecular formula is C41H54N4O11. The van der Waals surface area contributed by atoms with E-state index in [9.17, 15) is 35.2 Å². The third kappa shape index (κ3) is 7.59. The average molecular weight is 779 g/mol. The minimum Gasteiger partial charge on any atom is -0.507 e. The summed E-state index contributed by atoms with van der Waals surface area (Å²) in [7, 11) is 1.47. The second-order valence-corrected chi connectivity index (χ2v) is 15.9. The lowest BCUT2D eigenvalue weighted by molar-refractivity contribution is -0.160. The number of hydrogen-bond donors (Lipinski definition) is 6. The highest BCUT2D eigenvalue weighted by molar-refractivity contribution is 6.21. The van der Waals surface area contributed by atoms with E-state index in [-0.39, 0.29) is 67.6 Å². The standard InChI is InChI=1S/C41H54N4O11/c1-18-13-12-14-19(2)39(51)43-31-30-29(44-40(8,9)17-42-30)26-27(35(31)50)34(49)23(6)37-28(26)38(45-52)41(10,56-37)54-16-15-25(53-11)20(3)36(55-24(7)46)22(5)33(48)21(4)32(18)47/h12-16,18,20-22,25,32-33,36,47-50,52H,17H2,1-11H3,(H,43,51)/b13-12+,16-15+,19-14-,45-38-/t18-,20+,21+,22+,25-,32-,33+,36+,41-/m0/s1. The number of phenolic OH excluding ortho intramolecular Hbond substituents is 2. The summed E-state index contributed by atoms with van der Waals surface area (Å²) in [6.45, 7) is 16.8. The van der Waals surface area contributed by atoms with Gasteiger partial charge in [-0.25, -0.2) is 0 Å². The van der Waals surface area contributed by atoms with Crippen molar-refractivity contribution >= 4 is 34.0 Å². The van der Waals surface area contributed by atoms with E-state index in [1.807, 2.05) is 13.8 Å². The summed E-state index contributed by atoms with van der Waals surface area (Å²) in [5, 5.41) is 63.8. The lowest BCUT2D eigenvalue weighted by Crippen LogP contribution is -2.46. The molecule has 0 aliphatic carbocycles. The molecule has 0 saturated carbocycles. The van der Waals surface area contributed by atoms with E-state index in [2.05, 4.69) is 10.5 Å². The summed E-state index contributed by atoms with van der Waals surface area (Å²) in [5.41, 5.74) is -0.318. The molecule has 1 amide bonds. The van der Waals surface area contributed by atoms with Gasteiger partial charge in [0.05, 0.1) is 53.0 Å². The molecule has 5 rings (SSSR count). The average Bonchev–Trinajstić information content (AvgIpc) is 3.44. The molecule has 0 radical (unpaired) electrons. The highest BCUT2D eigenvalue weighted by atomic mass is 16.7. The van der Waals surface area contributed by atoms with Crippen LogP contribution in [0.1, 0.15) is 73.4 Å². The molecule has 3 heterocycles. The van der Waals surface area contributed by atoms with Gasteiger partial charge in [0.2, 0.25) is 0 Å². The number of nitrogens with zero attached hydrogens (tertiary/aromatic N) is 3. The Kier molecular flexibility index (Phi) is 11.9.